The van der Waals surface area contributed by atoms with Gasteiger partial charge < -0.3 is 9.47 Å². The maximum atomic E-state index is 11.8. The van der Waals surface area contributed by atoms with Crippen molar-refractivity contribution in [3.8, 4) is 0 Å². The van der Waals surface area contributed by atoms with Crippen LogP contribution in [0.25, 0.3) is 0 Å². The minimum atomic E-state index is -1.06. The summed E-state index contributed by atoms with van der Waals surface area (Å²) in [6.07, 6.45) is 1.25. The van der Waals surface area contributed by atoms with Crippen LogP contribution < -0.4 is 0 Å². The van der Waals surface area contributed by atoms with Gasteiger partial charge in [0.1, 0.15) is 0 Å². The van der Waals surface area contributed by atoms with Gasteiger partial charge in [-0.25, -0.2) is 4.79 Å². The van der Waals surface area contributed by atoms with Crippen LogP contribution in [0.1, 0.15) is 33.6 Å². The van der Waals surface area contributed by atoms with Crippen LogP contribution in [-0.2, 0) is 19.1 Å². The normalized spacial score (nSPS) is 41.5. The average Bonchev–Trinajstić information content (AvgIpc) is 2.47. The van der Waals surface area contributed by atoms with Crippen molar-refractivity contribution < 1.29 is 19.1 Å². The molecule has 4 nitrogen and oxygen atoms in total. The van der Waals surface area contributed by atoms with E-state index < -0.39 is 22.4 Å². The third kappa shape index (κ3) is 0.840. The summed E-state index contributed by atoms with van der Waals surface area (Å²) in [7, 11) is 1.33. The molecule has 4 heteroatoms. The molecule has 0 radical (unpaired) electrons. The molecule has 2 bridgehead atoms. The molecular weight excluding hydrogens is 196 g/mol. The van der Waals surface area contributed by atoms with Crippen LogP contribution in [0.2, 0.25) is 0 Å². The van der Waals surface area contributed by atoms with Gasteiger partial charge in [0.2, 0.25) is 5.60 Å². The molecule has 0 aromatic rings. The Balaban J connectivity index is 2.54. The monoisotopic (exact) mass is 212 g/mol. The van der Waals surface area contributed by atoms with E-state index in [0.717, 1.165) is 0 Å². The standard InChI is InChI=1S/C11H16O4/c1-9(2)10(3)5-6-11(9,8(13)14-4)15-7(10)12/h5-6H2,1-4H3/t10-,11+/m1/s1. The third-order valence-electron chi connectivity index (χ3n) is 4.60. The fraction of sp³-hybridized carbons (Fsp3) is 0.818. The predicted molar refractivity (Wildman–Crippen MR) is 52.0 cm³/mol. The van der Waals surface area contributed by atoms with Gasteiger partial charge in [0.25, 0.3) is 0 Å². The Kier molecular flexibility index (Phi) is 1.77. The number of esters is 2. The summed E-state index contributed by atoms with van der Waals surface area (Å²) in [5.74, 6) is -0.703. The summed E-state index contributed by atoms with van der Waals surface area (Å²) in [6, 6.07) is 0. The summed E-state index contributed by atoms with van der Waals surface area (Å²) in [6.45, 7) is 5.68. The van der Waals surface area contributed by atoms with Crippen LogP contribution >= 0.6 is 0 Å². The van der Waals surface area contributed by atoms with E-state index >= 15 is 0 Å². The molecule has 2 atom stereocenters. The van der Waals surface area contributed by atoms with Gasteiger partial charge in [-0.05, 0) is 19.8 Å². The molecule has 1 heterocycles. The van der Waals surface area contributed by atoms with Crippen molar-refractivity contribution in [2.24, 2.45) is 10.8 Å². The maximum absolute atomic E-state index is 11.8. The maximum Gasteiger partial charge on any atom is 0.350 e. The van der Waals surface area contributed by atoms with Gasteiger partial charge in [0, 0.05) is 5.41 Å². The van der Waals surface area contributed by atoms with E-state index in [9.17, 15) is 9.59 Å². The van der Waals surface area contributed by atoms with Crippen LogP contribution in [0, 0.1) is 10.8 Å². The highest BCUT2D eigenvalue weighted by atomic mass is 16.6. The zero-order valence-corrected chi connectivity index (χ0v) is 9.55. The number of hydrogen-bond donors (Lipinski definition) is 0. The molecular formula is C11H16O4. The Morgan fingerprint density at radius 1 is 1.33 bits per heavy atom. The lowest BCUT2D eigenvalue weighted by Crippen LogP contribution is -2.48. The average molecular weight is 212 g/mol. The van der Waals surface area contributed by atoms with Crippen molar-refractivity contribution in [1.29, 1.82) is 0 Å². The number of fused-ring (bicyclic) bond motifs is 2. The van der Waals surface area contributed by atoms with E-state index in [4.69, 9.17) is 9.47 Å². The minimum absolute atomic E-state index is 0.274. The molecule has 2 fully saturated rings. The highest BCUT2D eigenvalue weighted by molar-refractivity contribution is 5.93. The second kappa shape index (κ2) is 2.54. The molecule has 2 aliphatic rings. The van der Waals surface area contributed by atoms with Gasteiger partial charge in [0.05, 0.1) is 12.5 Å². The molecule has 0 unspecified atom stereocenters. The summed E-state index contributed by atoms with van der Waals surface area (Å²) in [5.41, 5.74) is -2.11. The smallest absolute Gasteiger partial charge is 0.350 e. The van der Waals surface area contributed by atoms with Gasteiger partial charge in [0.15, 0.2) is 0 Å². The first kappa shape index (κ1) is 10.5. The van der Waals surface area contributed by atoms with Crippen molar-refractivity contribution in [1.82, 2.24) is 0 Å². The van der Waals surface area contributed by atoms with Crippen molar-refractivity contribution in [2.75, 3.05) is 7.11 Å². The molecule has 0 N–H and O–H groups in total. The lowest BCUT2D eigenvalue weighted by atomic mass is 9.66. The van der Waals surface area contributed by atoms with Gasteiger partial charge in [-0.2, -0.15) is 0 Å². The molecule has 1 saturated carbocycles. The van der Waals surface area contributed by atoms with Gasteiger partial charge >= 0.3 is 11.9 Å². The van der Waals surface area contributed by atoms with E-state index in [1.54, 1.807) is 0 Å². The molecule has 0 aromatic carbocycles. The molecule has 0 spiro atoms. The molecule has 1 aliphatic carbocycles. The Hall–Kier alpha value is -1.06. The van der Waals surface area contributed by atoms with Crippen LogP contribution in [0.4, 0.5) is 0 Å². The van der Waals surface area contributed by atoms with E-state index in [1.807, 2.05) is 20.8 Å². The lowest BCUT2D eigenvalue weighted by molar-refractivity contribution is -0.180. The topological polar surface area (TPSA) is 52.6 Å². The van der Waals surface area contributed by atoms with E-state index in [0.29, 0.717) is 12.8 Å². The molecule has 0 aromatic heterocycles. The first-order chi connectivity index (χ1) is 6.82. The fourth-order valence-electron chi connectivity index (χ4n) is 2.87. The number of carbonyl (C=O) groups is 2. The third-order valence-corrected chi connectivity index (χ3v) is 4.60. The highest BCUT2D eigenvalue weighted by Gasteiger charge is 2.76. The summed E-state index contributed by atoms with van der Waals surface area (Å²) in [5, 5.41) is 0. The summed E-state index contributed by atoms with van der Waals surface area (Å²) in [4.78, 5) is 23.6. The van der Waals surface area contributed by atoms with Crippen LogP contribution in [-0.4, -0.2) is 24.6 Å². The van der Waals surface area contributed by atoms with Crippen molar-refractivity contribution in [3.05, 3.63) is 0 Å². The minimum Gasteiger partial charge on any atom is -0.466 e. The number of hydrogen-bond acceptors (Lipinski definition) is 4. The van der Waals surface area contributed by atoms with Crippen molar-refractivity contribution in [3.63, 3.8) is 0 Å². The van der Waals surface area contributed by atoms with Crippen LogP contribution in [0.15, 0.2) is 0 Å². The highest BCUT2D eigenvalue weighted by Crippen LogP contribution is 2.65. The Labute approximate surface area is 88.9 Å². The van der Waals surface area contributed by atoms with Gasteiger partial charge in [-0.1, -0.05) is 13.8 Å². The van der Waals surface area contributed by atoms with Crippen LogP contribution in [0.5, 0.6) is 0 Å². The second-order valence-electron chi connectivity index (χ2n) is 5.17. The second-order valence-corrected chi connectivity index (χ2v) is 5.17. The molecule has 1 saturated heterocycles. The molecule has 2 rings (SSSR count). The molecule has 15 heavy (non-hydrogen) atoms. The molecule has 1 aliphatic heterocycles. The first-order valence-corrected chi connectivity index (χ1v) is 5.14. The SMILES string of the molecule is COC(=O)[C@]12CC[C@](C)(C(=O)O1)C2(C)C. The first-order valence-electron chi connectivity index (χ1n) is 5.14. The summed E-state index contributed by atoms with van der Waals surface area (Å²) >= 11 is 0. The van der Waals surface area contributed by atoms with Crippen molar-refractivity contribution >= 4 is 11.9 Å². The molecule has 84 valence electrons. The van der Waals surface area contributed by atoms with E-state index in [1.165, 1.54) is 7.11 Å². The number of carbonyl (C=O) groups excluding carboxylic acids is 2. The number of methoxy groups -OCH3 is 1. The lowest BCUT2D eigenvalue weighted by Gasteiger charge is -2.33. The Morgan fingerprint density at radius 3 is 2.27 bits per heavy atom. The van der Waals surface area contributed by atoms with E-state index in [-0.39, 0.29) is 5.97 Å². The van der Waals surface area contributed by atoms with Gasteiger partial charge in [-0.3, -0.25) is 4.79 Å². The number of rotatable bonds is 1. The summed E-state index contributed by atoms with van der Waals surface area (Å²) < 4.78 is 10.1. The zero-order valence-electron chi connectivity index (χ0n) is 9.55. The Morgan fingerprint density at radius 2 is 1.93 bits per heavy atom. The Bertz CT molecular complexity index is 346. The quantitative estimate of drug-likeness (QED) is 0.614. The van der Waals surface area contributed by atoms with E-state index in [2.05, 4.69) is 0 Å². The molecule has 0 amide bonds. The largest absolute Gasteiger partial charge is 0.466 e. The predicted octanol–water partition coefficient (Wildman–Crippen LogP) is 1.28. The van der Waals surface area contributed by atoms with Gasteiger partial charge in [-0.15, -0.1) is 0 Å². The zero-order chi connectivity index (χ0) is 11.5. The fourth-order valence-corrected chi connectivity index (χ4v) is 2.87. The number of ether oxygens (including phenoxy) is 2. The van der Waals surface area contributed by atoms with Crippen LogP contribution in [0.3, 0.4) is 0 Å². The van der Waals surface area contributed by atoms with Crippen molar-refractivity contribution in [2.45, 2.75) is 39.2 Å².